The monoisotopic (exact) mass is 448 g/mol. The van der Waals surface area contributed by atoms with Gasteiger partial charge in [0.05, 0.1) is 24.7 Å². The largest absolute Gasteiger partial charge is 0.490 e. The van der Waals surface area contributed by atoms with Gasteiger partial charge in [0.1, 0.15) is 0 Å². The van der Waals surface area contributed by atoms with Crippen LogP contribution in [0.2, 0.25) is 0 Å². The number of hydrogen-bond acceptors (Lipinski definition) is 5. The first kappa shape index (κ1) is 24.5. The summed E-state index contributed by atoms with van der Waals surface area (Å²) in [7, 11) is -3.69. The molecule has 0 amide bonds. The number of primary sulfonamides is 1. The van der Waals surface area contributed by atoms with Crippen LogP contribution in [0.4, 0.5) is 0 Å². The van der Waals surface area contributed by atoms with Crippen LogP contribution in [0.5, 0.6) is 11.5 Å². The molecule has 0 saturated heterocycles. The Morgan fingerprint density at radius 2 is 1.58 bits per heavy atom. The summed E-state index contributed by atoms with van der Waals surface area (Å²) in [5, 5.41) is 11.7. The highest BCUT2D eigenvalue weighted by Crippen LogP contribution is 2.28. The zero-order chi connectivity index (χ0) is 22.7. The zero-order valence-electron chi connectivity index (χ0n) is 18.3. The molecular weight excluding hydrogens is 416 g/mol. The van der Waals surface area contributed by atoms with Gasteiger partial charge in [-0.25, -0.2) is 18.5 Å². The van der Waals surface area contributed by atoms with Crippen LogP contribution in [0.1, 0.15) is 31.9 Å². The van der Waals surface area contributed by atoms with E-state index in [-0.39, 0.29) is 4.90 Å². The van der Waals surface area contributed by atoms with Crippen LogP contribution in [-0.2, 0) is 23.0 Å². The van der Waals surface area contributed by atoms with E-state index in [9.17, 15) is 8.42 Å². The molecule has 2 aromatic rings. The van der Waals surface area contributed by atoms with Gasteiger partial charge in [0.2, 0.25) is 10.0 Å². The van der Waals surface area contributed by atoms with Gasteiger partial charge in [-0.15, -0.1) is 0 Å². The number of nitrogens with one attached hydrogen (secondary N) is 2. The molecule has 2 rings (SSSR count). The Hall–Kier alpha value is -2.78. The molecule has 8 nitrogen and oxygen atoms in total. The van der Waals surface area contributed by atoms with E-state index in [0.717, 1.165) is 35.6 Å². The lowest BCUT2D eigenvalue weighted by molar-refractivity contribution is 0.287. The summed E-state index contributed by atoms with van der Waals surface area (Å²) in [5.41, 5.74) is 2.02. The Labute approximate surface area is 184 Å². The third-order valence-electron chi connectivity index (χ3n) is 4.33. The minimum atomic E-state index is -3.69. The minimum absolute atomic E-state index is 0.0899. The normalized spacial score (nSPS) is 11.8. The van der Waals surface area contributed by atoms with Crippen LogP contribution in [0, 0.1) is 0 Å². The van der Waals surface area contributed by atoms with Crippen molar-refractivity contribution in [3.63, 3.8) is 0 Å². The van der Waals surface area contributed by atoms with Gasteiger partial charge in [0.15, 0.2) is 17.5 Å². The lowest BCUT2D eigenvalue weighted by atomic mass is 10.1. The maximum Gasteiger partial charge on any atom is 0.238 e. The highest BCUT2D eigenvalue weighted by molar-refractivity contribution is 7.89. The smallest absolute Gasteiger partial charge is 0.238 e. The molecule has 0 heterocycles. The van der Waals surface area contributed by atoms with Crippen LogP contribution in [-0.4, -0.2) is 40.7 Å². The first-order chi connectivity index (χ1) is 14.9. The maximum absolute atomic E-state index is 11.4. The lowest BCUT2D eigenvalue weighted by Gasteiger charge is -2.14. The Kier molecular flexibility index (Phi) is 9.61. The number of aliphatic imine (C=N–C) groups is 1. The van der Waals surface area contributed by atoms with E-state index in [4.69, 9.17) is 14.6 Å². The highest BCUT2D eigenvalue weighted by Gasteiger charge is 2.08. The highest BCUT2D eigenvalue weighted by atomic mass is 32.2. The fourth-order valence-electron chi connectivity index (χ4n) is 2.87. The summed E-state index contributed by atoms with van der Waals surface area (Å²) in [6, 6.07) is 12.4. The Morgan fingerprint density at radius 1 is 0.935 bits per heavy atom. The van der Waals surface area contributed by atoms with Crippen molar-refractivity contribution in [2.24, 2.45) is 10.1 Å². The van der Waals surface area contributed by atoms with E-state index in [1.54, 1.807) is 12.1 Å². The molecule has 0 aromatic heterocycles. The average Bonchev–Trinajstić information content (AvgIpc) is 2.74. The van der Waals surface area contributed by atoms with Crippen LogP contribution in [0.15, 0.2) is 52.4 Å². The fourth-order valence-corrected chi connectivity index (χ4v) is 3.39. The topological polar surface area (TPSA) is 115 Å². The van der Waals surface area contributed by atoms with Gasteiger partial charge in [0, 0.05) is 13.1 Å². The second-order valence-corrected chi connectivity index (χ2v) is 8.27. The summed E-state index contributed by atoms with van der Waals surface area (Å²) < 4.78 is 34.0. The molecule has 4 N–H and O–H groups in total. The van der Waals surface area contributed by atoms with Crippen molar-refractivity contribution >= 4 is 16.0 Å². The number of hydrogen-bond donors (Lipinski definition) is 3. The second kappa shape index (κ2) is 12.2. The molecule has 0 aliphatic carbocycles. The van der Waals surface area contributed by atoms with Gasteiger partial charge in [-0.1, -0.05) is 18.2 Å². The molecule has 0 saturated carbocycles. The molecule has 0 atom stereocenters. The standard InChI is InChI=1S/C22H32N4O4S/c1-4-24-22(26-16-18-7-10-19(11-8-18)31(23,27)28)25-14-13-17-9-12-20(29-5-2)21(15-17)30-6-3/h7-12,15H,4-6,13-14,16H2,1-3H3,(H2,23,27,28)(H2,24,25,26). The van der Waals surface area contributed by atoms with E-state index in [2.05, 4.69) is 15.6 Å². The molecule has 0 bridgehead atoms. The number of nitrogens with two attached hydrogens (primary N) is 1. The van der Waals surface area contributed by atoms with Crippen molar-refractivity contribution < 1.29 is 17.9 Å². The molecule has 0 spiro atoms. The molecule has 0 aliphatic rings. The van der Waals surface area contributed by atoms with Crippen molar-refractivity contribution in [2.45, 2.75) is 38.6 Å². The zero-order valence-corrected chi connectivity index (χ0v) is 19.2. The number of ether oxygens (including phenoxy) is 2. The molecule has 0 unspecified atom stereocenters. The molecule has 9 heteroatoms. The van der Waals surface area contributed by atoms with E-state index in [0.29, 0.717) is 32.3 Å². The van der Waals surface area contributed by atoms with E-state index >= 15 is 0 Å². The summed E-state index contributed by atoms with van der Waals surface area (Å²) in [5.74, 6) is 2.20. The molecule has 0 radical (unpaired) electrons. The quantitative estimate of drug-likeness (QED) is 0.359. The fraction of sp³-hybridized carbons (Fsp3) is 0.409. The number of rotatable bonds is 11. The lowest BCUT2D eigenvalue weighted by Crippen LogP contribution is -2.38. The first-order valence-electron chi connectivity index (χ1n) is 10.4. The van der Waals surface area contributed by atoms with E-state index in [1.165, 1.54) is 12.1 Å². The SMILES string of the molecule is CCNC(=NCc1ccc(S(N)(=O)=O)cc1)NCCc1ccc(OCC)c(OCC)c1. The maximum atomic E-state index is 11.4. The molecule has 0 aliphatic heterocycles. The van der Waals surface area contributed by atoms with Gasteiger partial charge in [-0.05, 0) is 62.6 Å². The third-order valence-corrected chi connectivity index (χ3v) is 5.26. The van der Waals surface area contributed by atoms with E-state index in [1.807, 2.05) is 39.0 Å². The minimum Gasteiger partial charge on any atom is -0.490 e. The molecule has 170 valence electrons. The first-order valence-corrected chi connectivity index (χ1v) is 11.9. The molecule has 0 fully saturated rings. The molecular formula is C22H32N4O4S. The number of benzene rings is 2. The van der Waals surface area contributed by atoms with Crippen LogP contribution in [0.25, 0.3) is 0 Å². The van der Waals surface area contributed by atoms with Gasteiger partial charge in [-0.3, -0.25) is 0 Å². The van der Waals surface area contributed by atoms with Crippen molar-refractivity contribution in [3.8, 4) is 11.5 Å². The summed E-state index contributed by atoms with van der Waals surface area (Å²) in [4.78, 5) is 4.65. The molecule has 2 aromatic carbocycles. The van der Waals surface area contributed by atoms with Gasteiger partial charge in [-0.2, -0.15) is 0 Å². The van der Waals surface area contributed by atoms with E-state index < -0.39 is 10.0 Å². The third kappa shape index (κ3) is 8.10. The van der Waals surface area contributed by atoms with Crippen molar-refractivity contribution in [3.05, 3.63) is 53.6 Å². The second-order valence-electron chi connectivity index (χ2n) is 6.71. The molecule has 31 heavy (non-hydrogen) atoms. The van der Waals surface area contributed by atoms with Crippen LogP contribution in [0.3, 0.4) is 0 Å². The van der Waals surface area contributed by atoms with Crippen LogP contribution < -0.4 is 25.2 Å². The number of guanidine groups is 1. The van der Waals surface area contributed by atoms with Crippen molar-refractivity contribution in [1.29, 1.82) is 0 Å². The van der Waals surface area contributed by atoms with Crippen molar-refractivity contribution in [2.75, 3.05) is 26.3 Å². The Morgan fingerprint density at radius 3 is 2.19 bits per heavy atom. The van der Waals surface area contributed by atoms with Gasteiger partial charge in [0.25, 0.3) is 0 Å². The predicted octanol–water partition coefficient (Wildman–Crippen LogP) is 2.43. The van der Waals surface area contributed by atoms with Gasteiger partial charge >= 0.3 is 0 Å². The average molecular weight is 449 g/mol. The predicted molar refractivity (Wildman–Crippen MR) is 123 cm³/mol. The van der Waals surface area contributed by atoms with Crippen LogP contribution >= 0.6 is 0 Å². The van der Waals surface area contributed by atoms with Crippen molar-refractivity contribution in [1.82, 2.24) is 10.6 Å². The summed E-state index contributed by atoms with van der Waals surface area (Å²) in [6.45, 7) is 8.90. The van der Waals surface area contributed by atoms with Gasteiger partial charge < -0.3 is 20.1 Å². The Bertz CT molecular complexity index is 960. The Balaban J connectivity index is 1.96. The summed E-state index contributed by atoms with van der Waals surface area (Å²) in [6.07, 6.45) is 0.792. The number of sulfonamides is 1. The number of nitrogens with zero attached hydrogens (tertiary/aromatic N) is 1. The summed E-state index contributed by atoms with van der Waals surface area (Å²) >= 11 is 0.